The lowest BCUT2D eigenvalue weighted by Crippen LogP contribution is -2.30. The van der Waals surface area contributed by atoms with Crippen LogP contribution in [0.1, 0.15) is 5.56 Å². The first-order valence-corrected chi connectivity index (χ1v) is 8.49. The molecule has 4 N–H and O–H groups in total. The van der Waals surface area contributed by atoms with Crippen molar-refractivity contribution in [2.24, 2.45) is 0 Å². The summed E-state index contributed by atoms with van der Waals surface area (Å²) < 4.78 is 0. The lowest BCUT2D eigenvalue weighted by molar-refractivity contribution is 0.252. The zero-order valence-electron chi connectivity index (χ0n) is 13.0. The van der Waals surface area contributed by atoms with Crippen LogP contribution >= 0.6 is 11.3 Å². The molecule has 0 unspecified atom stereocenters. The number of nitrogens with two attached hydrogens (primary N) is 1. The fraction of sp³-hybridized carbons (Fsp3) is 0.111. The van der Waals surface area contributed by atoms with Gasteiger partial charge in [0.2, 0.25) is 0 Å². The monoisotopic (exact) mass is 338 g/mol. The second-order valence-electron chi connectivity index (χ2n) is 5.26. The number of nitrogens with zero attached hydrogens (tertiary/aromatic N) is 1. The van der Waals surface area contributed by atoms with Crippen LogP contribution in [0, 0.1) is 0 Å². The number of amides is 2. The number of urea groups is 1. The van der Waals surface area contributed by atoms with Crippen molar-refractivity contribution in [1.29, 1.82) is 0 Å². The molecule has 2 amide bonds. The van der Waals surface area contributed by atoms with E-state index < -0.39 is 0 Å². The number of carbonyl (C=O) groups is 1. The number of nitrogens with one attached hydrogen (secondary N) is 2. The molecule has 122 valence electrons. The third-order valence-corrected chi connectivity index (χ3v) is 4.18. The van der Waals surface area contributed by atoms with E-state index in [4.69, 9.17) is 5.73 Å². The Morgan fingerprint density at radius 3 is 2.50 bits per heavy atom. The molecule has 0 saturated heterocycles. The fourth-order valence-corrected chi connectivity index (χ4v) is 2.86. The van der Waals surface area contributed by atoms with Crippen LogP contribution in [0.4, 0.5) is 15.6 Å². The topological polar surface area (TPSA) is 80.0 Å². The first kappa shape index (κ1) is 16.0. The number of thiazole rings is 1. The van der Waals surface area contributed by atoms with Gasteiger partial charge >= 0.3 is 6.03 Å². The highest BCUT2D eigenvalue weighted by Crippen LogP contribution is 2.24. The molecule has 1 aromatic heterocycles. The minimum Gasteiger partial charge on any atom is -0.375 e. The maximum Gasteiger partial charge on any atom is 0.319 e. The van der Waals surface area contributed by atoms with Crippen molar-refractivity contribution < 1.29 is 4.79 Å². The zero-order chi connectivity index (χ0) is 16.8. The van der Waals surface area contributed by atoms with Gasteiger partial charge in [0.25, 0.3) is 0 Å². The standard InChI is InChI=1S/C18H18N4OS/c19-17-22-16(12-24-17)14-6-8-15(9-7-14)21-18(23)20-11-10-13-4-2-1-3-5-13/h1-9,12H,10-11H2,(H2,19,22)(H2,20,21,23). The molecule has 3 rings (SSSR count). The van der Waals surface area contributed by atoms with Crippen molar-refractivity contribution in [2.75, 3.05) is 17.6 Å². The van der Waals surface area contributed by atoms with Crippen molar-refractivity contribution in [1.82, 2.24) is 10.3 Å². The van der Waals surface area contributed by atoms with E-state index in [1.165, 1.54) is 16.9 Å². The Hall–Kier alpha value is -2.86. The van der Waals surface area contributed by atoms with Crippen LogP contribution in [0.5, 0.6) is 0 Å². The molecule has 0 radical (unpaired) electrons. The predicted octanol–water partition coefficient (Wildman–Crippen LogP) is 3.76. The number of carbonyl (C=O) groups excluding carboxylic acids is 1. The van der Waals surface area contributed by atoms with Crippen LogP contribution in [0.3, 0.4) is 0 Å². The highest BCUT2D eigenvalue weighted by atomic mass is 32.1. The van der Waals surface area contributed by atoms with Crippen LogP contribution < -0.4 is 16.4 Å². The number of hydrogen-bond donors (Lipinski definition) is 3. The Labute approximate surface area is 144 Å². The van der Waals surface area contributed by atoms with E-state index in [9.17, 15) is 4.79 Å². The van der Waals surface area contributed by atoms with Crippen molar-refractivity contribution >= 4 is 28.2 Å². The molecule has 6 heteroatoms. The molecular formula is C18H18N4OS. The molecule has 0 spiro atoms. The summed E-state index contributed by atoms with van der Waals surface area (Å²) in [6.45, 7) is 0.589. The van der Waals surface area contributed by atoms with Gasteiger partial charge < -0.3 is 16.4 Å². The quantitative estimate of drug-likeness (QED) is 0.663. The third-order valence-electron chi connectivity index (χ3n) is 3.50. The van der Waals surface area contributed by atoms with E-state index in [0.717, 1.165) is 23.4 Å². The normalized spacial score (nSPS) is 10.3. The zero-order valence-corrected chi connectivity index (χ0v) is 13.8. The van der Waals surface area contributed by atoms with E-state index >= 15 is 0 Å². The molecule has 0 aliphatic carbocycles. The van der Waals surface area contributed by atoms with E-state index in [-0.39, 0.29) is 6.03 Å². The van der Waals surface area contributed by atoms with Gasteiger partial charge in [0.05, 0.1) is 5.69 Å². The second kappa shape index (κ2) is 7.61. The van der Waals surface area contributed by atoms with E-state index in [1.54, 1.807) is 0 Å². The van der Waals surface area contributed by atoms with Crippen molar-refractivity contribution in [2.45, 2.75) is 6.42 Å². The molecule has 0 aliphatic rings. The Morgan fingerprint density at radius 1 is 1.08 bits per heavy atom. The number of aromatic nitrogens is 1. The van der Waals surface area contributed by atoms with E-state index in [1.807, 2.05) is 60.0 Å². The van der Waals surface area contributed by atoms with Crippen LogP contribution in [-0.2, 0) is 6.42 Å². The summed E-state index contributed by atoms with van der Waals surface area (Å²) in [5, 5.41) is 8.13. The number of anilines is 2. The van der Waals surface area contributed by atoms with Gasteiger partial charge in [0.1, 0.15) is 0 Å². The average Bonchev–Trinajstić information content (AvgIpc) is 3.03. The van der Waals surface area contributed by atoms with E-state index in [0.29, 0.717) is 11.7 Å². The van der Waals surface area contributed by atoms with Crippen LogP contribution in [-0.4, -0.2) is 17.6 Å². The summed E-state index contributed by atoms with van der Waals surface area (Å²) in [6.07, 6.45) is 0.804. The van der Waals surface area contributed by atoms with Gasteiger partial charge in [-0.05, 0) is 24.1 Å². The minimum atomic E-state index is -0.211. The molecule has 1 heterocycles. The van der Waals surface area contributed by atoms with Crippen LogP contribution in [0.2, 0.25) is 0 Å². The largest absolute Gasteiger partial charge is 0.375 e. The summed E-state index contributed by atoms with van der Waals surface area (Å²) >= 11 is 1.41. The molecule has 24 heavy (non-hydrogen) atoms. The Kier molecular flexibility index (Phi) is 5.08. The first-order chi connectivity index (χ1) is 11.7. The molecule has 0 atom stereocenters. The van der Waals surface area contributed by atoms with Gasteiger partial charge in [-0.15, -0.1) is 11.3 Å². The lowest BCUT2D eigenvalue weighted by Gasteiger charge is -2.08. The number of benzene rings is 2. The molecular weight excluding hydrogens is 320 g/mol. The highest BCUT2D eigenvalue weighted by molar-refractivity contribution is 7.13. The van der Waals surface area contributed by atoms with E-state index in [2.05, 4.69) is 15.6 Å². The van der Waals surface area contributed by atoms with Crippen LogP contribution in [0.15, 0.2) is 60.0 Å². The molecule has 0 fully saturated rings. The smallest absolute Gasteiger partial charge is 0.319 e. The predicted molar refractivity (Wildman–Crippen MR) is 99.1 cm³/mol. The summed E-state index contributed by atoms with van der Waals surface area (Å²) in [6, 6.07) is 17.4. The van der Waals surface area contributed by atoms with Crippen molar-refractivity contribution in [3.05, 3.63) is 65.5 Å². The Bertz CT molecular complexity index is 799. The summed E-state index contributed by atoms with van der Waals surface area (Å²) in [4.78, 5) is 16.1. The average molecular weight is 338 g/mol. The fourth-order valence-electron chi connectivity index (χ4n) is 2.28. The summed E-state index contributed by atoms with van der Waals surface area (Å²) in [7, 11) is 0. The third kappa shape index (κ3) is 4.33. The Balaban J connectivity index is 1.49. The SMILES string of the molecule is Nc1nc(-c2ccc(NC(=O)NCCc3ccccc3)cc2)cs1. The van der Waals surface area contributed by atoms with Crippen LogP contribution in [0.25, 0.3) is 11.3 Å². The summed E-state index contributed by atoms with van der Waals surface area (Å²) in [5.41, 5.74) is 9.39. The van der Waals surface area contributed by atoms with Gasteiger partial charge in [-0.2, -0.15) is 0 Å². The molecule has 0 saturated carbocycles. The van der Waals surface area contributed by atoms with Gasteiger partial charge in [0, 0.05) is 23.2 Å². The minimum absolute atomic E-state index is 0.211. The molecule has 5 nitrogen and oxygen atoms in total. The first-order valence-electron chi connectivity index (χ1n) is 7.61. The molecule has 2 aromatic carbocycles. The maximum atomic E-state index is 11.9. The highest BCUT2D eigenvalue weighted by Gasteiger charge is 2.04. The van der Waals surface area contributed by atoms with Gasteiger partial charge in [-0.25, -0.2) is 9.78 Å². The van der Waals surface area contributed by atoms with Crippen molar-refractivity contribution in [3.8, 4) is 11.3 Å². The molecule has 0 aliphatic heterocycles. The van der Waals surface area contributed by atoms with Crippen molar-refractivity contribution in [3.63, 3.8) is 0 Å². The van der Waals surface area contributed by atoms with Gasteiger partial charge in [-0.1, -0.05) is 42.5 Å². The summed E-state index contributed by atoms with van der Waals surface area (Å²) in [5.74, 6) is 0. The number of rotatable bonds is 5. The molecule has 0 bridgehead atoms. The van der Waals surface area contributed by atoms with Gasteiger partial charge in [-0.3, -0.25) is 0 Å². The number of hydrogen-bond acceptors (Lipinski definition) is 4. The lowest BCUT2D eigenvalue weighted by atomic mass is 10.1. The number of nitrogen functional groups attached to an aromatic ring is 1. The second-order valence-corrected chi connectivity index (χ2v) is 6.15. The van der Waals surface area contributed by atoms with Gasteiger partial charge in [0.15, 0.2) is 5.13 Å². The Morgan fingerprint density at radius 2 is 1.83 bits per heavy atom. The maximum absolute atomic E-state index is 11.9. The molecule has 3 aromatic rings.